The number of hydrogen-bond acceptors (Lipinski definition) is 4. The number of halogens is 1. The summed E-state index contributed by atoms with van der Waals surface area (Å²) in [5.74, 6) is -0.134. The summed E-state index contributed by atoms with van der Waals surface area (Å²) in [6.07, 6.45) is 1.77. The second-order valence-corrected chi connectivity index (χ2v) is 9.08. The van der Waals surface area contributed by atoms with Gasteiger partial charge in [-0.2, -0.15) is 0 Å². The lowest BCUT2D eigenvalue weighted by Crippen LogP contribution is -2.24. The molecule has 0 spiro atoms. The SMILES string of the molecule is CCOC(=O)C1=C(C)N(c2ccc(OC)cc2)C(=O)/C1=C\c1cc(C)n(-c2ccc(C)c(Cl)c2)c1C. The number of hydrogen-bond donors (Lipinski definition) is 0. The number of aryl methyl sites for hydroxylation is 2. The van der Waals surface area contributed by atoms with Gasteiger partial charge in [-0.05, 0) is 94.3 Å². The highest BCUT2D eigenvalue weighted by molar-refractivity contribution is 6.31. The van der Waals surface area contributed by atoms with E-state index in [1.54, 1.807) is 51.3 Å². The second kappa shape index (κ2) is 10.1. The average Bonchev–Trinajstić information content (AvgIpc) is 3.27. The zero-order valence-electron chi connectivity index (χ0n) is 21.3. The number of benzene rings is 2. The van der Waals surface area contributed by atoms with Crippen LogP contribution in [0.5, 0.6) is 5.75 Å². The molecule has 0 N–H and O–H groups in total. The van der Waals surface area contributed by atoms with Crippen molar-refractivity contribution in [1.29, 1.82) is 0 Å². The van der Waals surface area contributed by atoms with Gasteiger partial charge in [-0.3, -0.25) is 9.69 Å². The molecule has 6 nitrogen and oxygen atoms in total. The minimum Gasteiger partial charge on any atom is -0.497 e. The molecule has 1 aliphatic rings. The van der Waals surface area contributed by atoms with Crippen LogP contribution in [0.25, 0.3) is 11.8 Å². The van der Waals surface area contributed by atoms with E-state index in [2.05, 4.69) is 4.57 Å². The van der Waals surface area contributed by atoms with Crippen molar-refractivity contribution in [3.63, 3.8) is 0 Å². The molecule has 1 aromatic heterocycles. The fourth-order valence-corrected chi connectivity index (χ4v) is 4.71. The number of nitrogens with zero attached hydrogens (tertiary/aromatic N) is 2. The Morgan fingerprint density at radius 2 is 1.67 bits per heavy atom. The largest absolute Gasteiger partial charge is 0.497 e. The molecule has 0 fully saturated rings. The number of ether oxygens (including phenoxy) is 2. The van der Waals surface area contributed by atoms with Gasteiger partial charge < -0.3 is 14.0 Å². The maximum absolute atomic E-state index is 13.7. The fourth-order valence-electron chi connectivity index (χ4n) is 4.53. The van der Waals surface area contributed by atoms with Crippen molar-refractivity contribution in [2.75, 3.05) is 18.6 Å². The first-order valence-electron chi connectivity index (χ1n) is 11.7. The lowest BCUT2D eigenvalue weighted by molar-refractivity contribution is -0.138. The van der Waals surface area contributed by atoms with Crippen LogP contribution >= 0.6 is 11.6 Å². The number of rotatable bonds is 6. The fraction of sp³-hybridized carbons (Fsp3) is 0.241. The third kappa shape index (κ3) is 4.44. The van der Waals surface area contributed by atoms with Crippen LogP contribution in [0, 0.1) is 20.8 Å². The molecule has 1 aliphatic heterocycles. The van der Waals surface area contributed by atoms with Gasteiger partial charge in [-0.15, -0.1) is 0 Å². The van der Waals surface area contributed by atoms with Crippen molar-refractivity contribution in [3.05, 3.63) is 92.9 Å². The Hall–Kier alpha value is -3.77. The van der Waals surface area contributed by atoms with Crippen molar-refractivity contribution < 1.29 is 19.1 Å². The van der Waals surface area contributed by atoms with Crippen LogP contribution in [0.4, 0.5) is 5.69 Å². The summed E-state index contributed by atoms with van der Waals surface area (Å²) >= 11 is 6.38. The standard InChI is InChI=1S/C29H29ClN2O4/c1-7-36-29(34)27-20(5)32(22-10-12-24(35-6)13-11-22)28(33)25(27)15-21-14-18(3)31(19(21)4)23-9-8-17(2)26(30)16-23/h8-16H,7H2,1-6H3/b25-15-. The van der Waals surface area contributed by atoms with Crippen molar-refractivity contribution >= 4 is 35.2 Å². The van der Waals surface area contributed by atoms with Crippen LogP contribution in [0.2, 0.25) is 5.02 Å². The van der Waals surface area contributed by atoms with Gasteiger partial charge >= 0.3 is 5.97 Å². The topological polar surface area (TPSA) is 60.8 Å². The normalized spacial score (nSPS) is 14.7. The molecule has 0 atom stereocenters. The molecule has 3 aromatic rings. The monoisotopic (exact) mass is 504 g/mol. The van der Waals surface area contributed by atoms with E-state index in [9.17, 15) is 9.59 Å². The van der Waals surface area contributed by atoms with Crippen molar-refractivity contribution in [1.82, 2.24) is 4.57 Å². The number of allylic oxidation sites excluding steroid dienone is 1. The van der Waals surface area contributed by atoms with Crippen molar-refractivity contribution in [2.24, 2.45) is 0 Å². The molecular formula is C29H29ClN2O4. The van der Waals surface area contributed by atoms with E-state index in [1.165, 1.54) is 4.90 Å². The Morgan fingerprint density at radius 1 is 1.00 bits per heavy atom. The molecule has 0 aliphatic carbocycles. The third-order valence-electron chi connectivity index (χ3n) is 6.39. The van der Waals surface area contributed by atoms with Crippen LogP contribution in [0.15, 0.2) is 65.4 Å². The van der Waals surface area contributed by atoms with E-state index in [0.717, 1.165) is 28.2 Å². The first-order valence-corrected chi connectivity index (χ1v) is 12.1. The first kappa shape index (κ1) is 25.3. The summed E-state index contributed by atoms with van der Waals surface area (Å²) in [7, 11) is 1.59. The van der Waals surface area contributed by atoms with E-state index in [0.29, 0.717) is 27.7 Å². The van der Waals surface area contributed by atoms with Gasteiger partial charge in [-0.1, -0.05) is 17.7 Å². The van der Waals surface area contributed by atoms with Gasteiger partial charge in [0.15, 0.2) is 0 Å². The average molecular weight is 505 g/mol. The molecule has 0 bridgehead atoms. The van der Waals surface area contributed by atoms with E-state index in [-0.39, 0.29) is 18.1 Å². The third-order valence-corrected chi connectivity index (χ3v) is 6.80. The van der Waals surface area contributed by atoms with Gasteiger partial charge in [0.25, 0.3) is 5.91 Å². The molecule has 0 saturated carbocycles. The maximum Gasteiger partial charge on any atom is 0.340 e. The van der Waals surface area contributed by atoms with Crippen molar-refractivity contribution in [2.45, 2.75) is 34.6 Å². The second-order valence-electron chi connectivity index (χ2n) is 8.67. The summed E-state index contributed by atoms with van der Waals surface area (Å²) in [6, 6.07) is 15.1. The van der Waals surface area contributed by atoms with Gasteiger partial charge in [0, 0.05) is 33.5 Å². The van der Waals surface area contributed by atoms with E-state index >= 15 is 0 Å². The molecule has 186 valence electrons. The molecule has 0 radical (unpaired) electrons. The minimum atomic E-state index is -0.523. The number of carbonyl (C=O) groups excluding carboxylic acids is 2. The molecule has 0 unspecified atom stereocenters. The zero-order valence-corrected chi connectivity index (χ0v) is 22.1. The minimum absolute atomic E-state index is 0.211. The Morgan fingerprint density at radius 3 is 2.28 bits per heavy atom. The highest BCUT2D eigenvalue weighted by atomic mass is 35.5. The maximum atomic E-state index is 13.7. The van der Waals surface area contributed by atoms with Crippen LogP contribution < -0.4 is 9.64 Å². The van der Waals surface area contributed by atoms with Crippen LogP contribution in [0.1, 0.15) is 36.4 Å². The number of aromatic nitrogens is 1. The Labute approximate surface area is 216 Å². The molecule has 36 heavy (non-hydrogen) atoms. The number of carbonyl (C=O) groups is 2. The van der Waals surface area contributed by atoms with Crippen LogP contribution in [-0.4, -0.2) is 30.2 Å². The molecule has 1 amide bonds. The summed E-state index contributed by atoms with van der Waals surface area (Å²) in [5, 5.41) is 0.684. The Bertz CT molecular complexity index is 1410. The van der Waals surface area contributed by atoms with E-state index in [4.69, 9.17) is 21.1 Å². The molecule has 4 rings (SSSR count). The van der Waals surface area contributed by atoms with Crippen LogP contribution in [-0.2, 0) is 14.3 Å². The summed E-state index contributed by atoms with van der Waals surface area (Å²) in [6.45, 7) is 9.65. The molecule has 7 heteroatoms. The molecule has 2 aromatic carbocycles. The zero-order chi connectivity index (χ0) is 26.1. The van der Waals surface area contributed by atoms with Gasteiger partial charge in [0.2, 0.25) is 0 Å². The van der Waals surface area contributed by atoms with E-state index < -0.39 is 5.97 Å². The lowest BCUT2D eigenvalue weighted by atomic mass is 10.0. The summed E-state index contributed by atoms with van der Waals surface area (Å²) in [5.41, 5.74) is 6.40. The number of anilines is 1. The van der Waals surface area contributed by atoms with Gasteiger partial charge in [0.1, 0.15) is 5.75 Å². The summed E-state index contributed by atoms with van der Waals surface area (Å²) in [4.78, 5) is 28.2. The number of methoxy groups -OCH3 is 1. The predicted molar refractivity (Wildman–Crippen MR) is 143 cm³/mol. The Balaban J connectivity index is 1.83. The highest BCUT2D eigenvalue weighted by Gasteiger charge is 2.38. The predicted octanol–water partition coefficient (Wildman–Crippen LogP) is 6.33. The lowest BCUT2D eigenvalue weighted by Gasteiger charge is -2.18. The Kier molecular flexibility index (Phi) is 7.09. The number of esters is 1. The summed E-state index contributed by atoms with van der Waals surface area (Å²) < 4.78 is 12.7. The van der Waals surface area contributed by atoms with E-state index in [1.807, 2.05) is 45.0 Å². The van der Waals surface area contributed by atoms with Crippen molar-refractivity contribution in [3.8, 4) is 11.4 Å². The molecular weight excluding hydrogens is 476 g/mol. The van der Waals surface area contributed by atoms with Crippen LogP contribution in [0.3, 0.4) is 0 Å². The van der Waals surface area contributed by atoms with Gasteiger partial charge in [0.05, 0.1) is 24.9 Å². The molecule has 2 heterocycles. The number of amides is 1. The van der Waals surface area contributed by atoms with Gasteiger partial charge in [-0.25, -0.2) is 4.79 Å². The quantitative estimate of drug-likeness (QED) is 0.290. The highest BCUT2D eigenvalue weighted by Crippen LogP contribution is 2.37. The smallest absolute Gasteiger partial charge is 0.340 e. The first-order chi connectivity index (χ1) is 17.2. The molecule has 0 saturated heterocycles.